The number of sulfonamides is 1. The molecule has 1 fully saturated rings. The molecule has 1 atom stereocenters. The van der Waals surface area contributed by atoms with Crippen molar-refractivity contribution in [3.05, 3.63) is 101 Å². The Bertz CT molecular complexity index is 1920. The largest absolute Gasteiger partial charge is 0.497 e. The van der Waals surface area contributed by atoms with E-state index in [9.17, 15) is 18.0 Å². The van der Waals surface area contributed by atoms with Crippen molar-refractivity contribution in [2.75, 3.05) is 26.0 Å². The molecule has 0 unspecified atom stereocenters. The molecule has 3 heterocycles. The second-order valence-electron chi connectivity index (χ2n) is 11.7. The van der Waals surface area contributed by atoms with Gasteiger partial charge in [0.1, 0.15) is 5.75 Å². The van der Waals surface area contributed by atoms with Crippen molar-refractivity contribution < 1.29 is 22.7 Å². The maximum atomic E-state index is 13.6. The summed E-state index contributed by atoms with van der Waals surface area (Å²) in [6.07, 6.45) is 2.29. The number of carbonyl (C=O) groups is 2. The number of hydrogen-bond donors (Lipinski definition) is 1. The highest BCUT2D eigenvalue weighted by molar-refractivity contribution is 7.99. The number of amides is 2. The van der Waals surface area contributed by atoms with Gasteiger partial charge in [-0.2, -0.15) is 9.41 Å². The van der Waals surface area contributed by atoms with E-state index in [-0.39, 0.29) is 35.0 Å². The molecule has 12 nitrogen and oxygen atoms in total. The number of thioether (sulfide) groups is 1. The maximum Gasteiger partial charge on any atom is 0.253 e. The molecule has 48 heavy (non-hydrogen) atoms. The van der Waals surface area contributed by atoms with Crippen LogP contribution < -0.4 is 10.1 Å². The summed E-state index contributed by atoms with van der Waals surface area (Å²) in [5.74, 6) is 0.813. The minimum Gasteiger partial charge on any atom is -0.497 e. The summed E-state index contributed by atoms with van der Waals surface area (Å²) in [7, 11) is -0.157. The summed E-state index contributed by atoms with van der Waals surface area (Å²) in [5.41, 5.74) is 4.23. The minimum absolute atomic E-state index is 0.0901. The Morgan fingerprint density at radius 2 is 1.65 bits per heavy atom. The van der Waals surface area contributed by atoms with Gasteiger partial charge in [0.25, 0.3) is 11.8 Å². The highest BCUT2D eigenvalue weighted by Crippen LogP contribution is 2.34. The summed E-state index contributed by atoms with van der Waals surface area (Å²) >= 11 is 1.25. The smallest absolute Gasteiger partial charge is 0.253 e. The SMILES string of the molecule is COc1ccc(C2=NN(C(=O)CSc3nnc(CNC(=O)c4ccc(S(=O)(=O)N5CCCC5)cc4)n3C)[C@H](c3ccc(C)cc3)C2)cc1. The number of rotatable bonds is 11. The van der Waals surface area contributed by atoms with Gasteiger partial charge in [-0.3, -0.25) is 9.59 Å². The van der Waals surface area contributed by atoms with Crippen molar-refractivity contribution in [3.8, 4) is 5.75 Å². The zero-order valence-corrected chi connectivity index (χ0v) is 28.6. The van der Waals surface area contributed by atoms with Crippen LogP contribution in [0.4, 0.5) is 0 Å². The monoisotopic (exact) mass is 687 g/mol. The van der Waals surface area contributed by atoms with E-state index in [1.165, 1.54) is 40.3 Å². The topological polar surface area (TPSA) is 139 Å². The lowest BCUT2D eigenvalue weighted by Gasteiger charge is -2.22. The number of carbonyl (C=O) groups excluding carboxylic acids is 2. The first kappa shape index (κ1) is 33.4. The number of ether oxygens (including phenoxy) is 1. The van der Waals surface area contributed by atoms with Crippen molar-refractivity contribution in [2.24, 2.45) is 12.1 Å². The molecule has 1 saturated heterocycles. The molecular weight excluding hydrogens is 651 g/mol. The van der Waals surface area contributed by atoms with Crippen molar-refractivity contribution in [3.63, 3.8) is 0 Å². The lowest BCUT2D eigenvalue weighted by Crippen LogP contribution is -2.28. The van der Waals surface area contributed by atoms with Crippen molar-refractivity contribution in [1.82, 2.24) is 29.4 Å². The van der Waals surface area contributed by atoms with Crippen LogP contribution in [-0.2, 0) is 28.4 Å². The fourth-order valence-electron chi connectivity index (χ4n) is 5.68. The lowest BCUT2D eigenvalue weighted by molar-refractivity contribution is -0.130. The third-order valence-corrected chi connectivity index (χ3v) is 11.4. The number of hydrogen-bond acceptors (Lipinski definition) is 9. The summed E-state index contributed by atoms with van der Waals surface area (Å²) in [5, 5.41) is 18.1. The van der Waals surface area contributed by atoms with Crippen LogP contribution in [0.3, 0.4) is 0 Å². The number of nitrogens with one attached hydrogen (secondary N) is 1. The second-order valence-corrected chi connectivity index (χ2v) is 14.6. The van der Waals surface area contributed by atoms with Crippen LogP contribution in [0.15, 0.2) is 87.9 Å². The van der Waals surface area contributed by atoms with Gasteiger partial charge < -0.3 is 14.6 Å². The molecule has 0 radical (unpaired) electrons. The Hall–Kier alpha value is -4.53. The first-order chi connectivity index (χ1) is 23.1. The Kier molecular flexibility index (Phi) is 9.94. The van der Waals surface area contributed by atoms with Gasteiger partial charge in [0.2, 0.25) is 10.0 Å². The third-order valence-electron chi connectivity index (χ3n) is 8.53. The summed E-state index contributed by atoms with van der Waals surface area (Å²) in [4.78, 5) is 26.6. The first-order valence-electron chi connectivity index (χ1n) is 15.6. The number of hydrazone groups is 1. The van der Waals surface area contributed by atoms with E-state index in [2.05, 4.69) is 15.5 Å². The Labute approximate surface area is 284 Å². The Morgan fingerprint density at radius 1 is 0.958 bits per heavy atom. The molecule has 3 aromatic carbocycles. The van der Waals surface area contributed by atoms with Gasteiger partial charge in [-0.05, 0) is 79.4 Å². The molecule has 14 heteroatoms. The summed E-state index contributed by atoms with van der Waals surface area (Å²) in [6, 6.07) is 21.5. The fourth-order valence-corrected chi connectivity index (χ4v) is 7.98. The van der Waals surface area contributed by atoms with Crippen LogP contribution in [0.25, 0.3) is 0 Å². The standard InChI is InChI=1S/C34H37N7O5S2/c1-23-6-8-25(9-7-23)30-20-29(24-10-14-27(46-3)15-11-24)38-41(30)32(42)22-47-34-37-36-31(39(34)2)21-35-33(43)26-12-16-28(17-13-26)48(44,45)40-18-4-5-19-40/h6-17,30H,4-5,18-22H2,1-3H3,(H,35,43)/t30-/m0/s1. The molecule has 4 aromatic rings. The van der Waals surface area contributed by atoms with E-state index in [0.717, 1.165) is 41.0 Å². The highest BCUT2D eigenvalue weighted by Gasteiger charge is 2.33. The fraction of sp³-hybridized carbons (Fsp3) is 0.324. The molecule has 1 N–H and O–H groups in total. The first-order valence-corrected chi connectivity index (χ1v) is 18.1. The van der Waals surface area contributed by atoms with E-state index in [0.29, 0.717) is 36.1 Å². The third kappa shape index (κ3) is 7.15. The zero-order chi connectivity index (χ0) is 33.8. The molecule has 0 spiro atoms. The molecule has 250 valence electrons. The maximum absolute atomic E-state index is 13.6. The summed E-state index contributed by atoms with van der Waals surface area (Å²) in [6.45, 7) is 3.16. The van der Waals surface area contributed by atoms with E-state index in [1.807, 2.05) is 55.5 Å². The van der Waals surface area contributed by atoms with E-state index >= 15 is 0 Å². The predicted molar refractivity (Wildman–Crippen MR) is 182 cm³/mol. The van der Waals surface area contributed by atoms with Crippen molar-refractivity contribution >= 4 is 39.3 Å². The van der Waals surface area contributed by atoms with Gasteiger partial charge in [-0.1, -0.05) is 41.6 Å². The second kappa shape index (κ2) is 14.3. The zero-order valence-electron chi connectivity index (χ0n) is 27.0. The Balaban J connectivity index is 1.08. The average Bonchev–Trinajstić information content (AvgIpc) is 3.88. The van der Waals surface area contributed by atoms with Crippen LogP contribution in [0.1, 0.15) is 58.2 Å². The predicted octanol–water partition coefficient (Wildman–Crippen LogP) is 4.32. The van der Waals surface area contributed by atoms with Crippen molar-refractivity contribution in [2.45, 2.75) is 48.8 Å². The Morgan fingerprint density at radius 3 is 2.31 bits per heavy atom. The van der Waals surface area contributed by atoms with Gasteiger partial charge in [0.05, 0.1) is 36.1 Å². The molecule has 2 amide bonds. The lowest BCUT2D eigenvalue weighted by atomic mass is 9.97. The van der Waals surface area contributed by atoms with Crippen LogP contribution in [0.2, 0.25) is 0 Å². The molecule has 0 aliphatic carbocycles. The van der Waals surface area contributed by atoms with Crippen LogP contribution >= 0.6 is 11.8 Å². The molecule has 2 aliphatic heterocycles. The molecule has 0 bridgehead atoms. The van der Waals surface area contributed by atoms with Gasteiger partial charge in [-0.25, -0.2) is 13.4 Å². The number of aromatic nitrogens is 3. The summed E-state index contributed by atoms with van der Waals surface area (Å²) < 4.78 is 34.1. The van der Waals surface area contributed by atoms with Gasteiger partial charge >= 0.3 is 0 Å². The molecule has 6 rings (SSSR count). The van der Waals surface area contributed by atoms with Gasteiger partial charge in [0, 0.05) is 32.1 Å². The quantitative estimate of drug-likeness (QED) is 0.230. The van der Waals surface area contributed by atoms with E-state index in [1.54, 1.807) is 23.7 Å². The number of methoxy groups -OCH3 is 1. The number of aryl methyl sites for hydroxylation is 1. The van der Waals surface area contributed by atoms with Crippen LogP contribution in [0.5, 0.6) is 5.75 Å². The normalized spacial score (nSPS) is 16.6. The molecule has 1 aromatic heterocycles. The molecule has 0 saturated carbocycles. The number of benzene rings is 3. The van der Waals surface area contributed by atoms with Gasteiger partial charge in [-0.15, -0.1) is 10.2 Å². The van der Waals surface area contributed by atoms with Gasteiger partial charge in [0.15, 0.2) is 11.0 Å². The van der Waals surface area contributed by atoms with E-state index in [4.69, 9.17) is 9.84 Å². The molecular formula is C34H37N7O5S2. The van der Waals surface area contributed by atoms with E-state index < -0.39 is 10.0 Å². The van der Waals surface area contributed by atoms with Crippen molar-refractivity contribution in [1.29, 1.82) is 0 Å². The average molecular weight is 688 g/mol. The molecule has 2 aliphatic rings. The van der Waals surface area contributed by atoms with Crippen LogP contribution in [-0.4, -0.2) is 76.0 Å². The highest BCUT2D eigenvalue weighted by atomic mass is 32.2. The van der Waals surface area contributed by atoms with Crippen LogP contribution in [0, 0.1) is 6.92 Å². The number of nitrogens with zero attached hydrogens (tertiary/aromatic N) is 6. The minimum atomic E-state index is -3.55.